The standard InChI is InChI=1S/C14H18N6O3/c1-2-19-7-8(13(22)23)10(21)9-11(15)17-14(18-12(9)19)20-5-3-16-4-6-20/h7,16H,2-6H2,1H3,(H,22,23)(H2,15,17,18). The summed E-state index contributed by atoms with van der Waals surface area (Å²) >= 11 is 0. The molecule has 122 valence electrons. The molecule has 2 aromatic rings. The molecule has 0 aliphatic carbocycles. The number of nitrogens with zero attached hydrogens (tertiary/aromatic N) is 4. The lowest BCUT2D eigenvalue weighted by molar-refractivity contribution is 0.0695. The Hall–Kier alpha value is -2.68. The van der Waals surface area contributed by atoms with Crippen LogP contribution in [0, 0.1) is 0 Å². The van der Waals surface area contributed by atoms with Crippen molar-refractivity contribution < 1.29 is 9.90 Å². The van der Waals surface area contributed by atoms with Crippen molar-refractivity contribution in [2.45, 2.75) is 13.5 Å². The molecule has 3 rings (SSSR count). The summed E-state index contributed by atoms with van der Waals surface area (Å²) in [7, 11) is 0. The Morgan fingerprint density at radius 1 is 1.39 bits per heavy atom. The first-order valence-electron chi connectivity index (χ1n) is 7.42. The summed E-state index contributed by atoms with van der Waals surface area (Å²) < 4.78 is 1.62. The number of carbonyl (C=O) groups is 1. The first-order chi connectivity index (χ1) is 11.0. The number of anilines is 2. The largest absolute Gasteiger partial charge is 0.477 e. The van der Waals surface area contributed by atoms with E-state index in [0.29, 0.717) is 18.1 Å². The van der Waals surface area contributed by atoms with E-state index in [4.69, 9.17) is 5.73 Å². The van der Waals surface area contributed by atoms with Crippen LogP contribution in [0.5, 0.6) is 0 Å². The molecule has 0 amide bonds. The van der Waals surface area contributed by atoms with Crippen LogP contribution in [0.25, 0.3) is 11.0 Å². The van der Waals surface area contributed by atoms with Gasteiger partial charge in [0.2, 0.25) is 11.4 Å². The summed E-state index contributed by atoms with van der Waals surface area (Å²) in [6.45, 7) is 5.44. The van der Waals surface area contributed by atoms with Gasteiger partial charge in [-0.2, -0.15) is 9.97 Å². The van der Waals surface area contributed by atoms with Crippen LogP contribution in [0.3, 0.4) is 0 Å². The number of aromatic carboxylic acids is 1. The molecule has 4 N–H and O–H groups in total. The summed E-state index contributed by atoms with van der Waals surface area (Å²) in [4.78, 5) is 34.3. The Labute approximate surface area is 131 Å². The summed E-state index contributed by atoms with van der Waals surface area (Å²) in [6, 6.07) is 0. The molecule has 23 heavy (non-hydrogen) atoms. The van der Waals surface area contributed by atoms with E-state index in [1.54, 1.807) is 4.57 Å². The maximum atomic E-state index is 12.4. The van der Waals surface area contributed by atoms with Crippen molar-refractivity contribution in [1.82, 2.24) is 19.9 Å². The molecule has 9 heteroatoms. The number of carboxylic acid groups (broad SMARTS) is 1. The number of nitrogen functional groups attached to an aromatic ring is 1. The van der Waals surface area contributed by atoms with Gasteiger partial charge in [0.15, 0.2) is 5.65 Å². The van der Waals surface area contributed by atoms with E-state index >= 15 is 0 Å². The number of piperazine rings is 1. The SMILES string of the molecule is CCn1cc(C(=O)O)c(=O)c2c(N)nc(N3CCNCC3)nc21. The van der Waals surface area contributed by atoms with E-state index in [0.717, 1.165) is 26.2 Å². The summed E-state index contributed by atoms with van der Waals surface area (Å²) in [6.07, 6.45) is 1.31. The Kier molecular flexibility index (Phi) is 3.87. The highest BCUT2D eigenvalue weighted by molar-refractivity contribution is 5.95. The quantitative estimate of drug-likeness (QED) is 0.691. The number of fused-ring (bicyclic) bond motifs is 1. The van der Waals surface area contributed by atoms with Crippen molar-refractivity contribution in [2.24, 2.45) is 0 Å². The molecule has 0 bridgehead atoms. The number of nitrogens with one attached hydrogen (secondary N) is 1. The lowest BCUT2D eigenvalue weighted by Crippen LogP contribution is -2.44. The van der Waals surface area contributed by atoms with Gasteiger partial charge in [-0.05, 0) is 6.92 Å². The molecule has 0 spiro atoms. The van der Waals surface area contributed by atoms with Crippen LogP contribution in [-0.4, -0.2) is 51.8 Å². The number of rotatable bonds is 3. The Bertz CT molecular complexity index is 825. The van der Waals surface area contributed by atoms with Gasteiger partial charge in [-0.15, -0.1) is 0 Å². The minimum absolute atomic E-state index is 0.0128. The molecule has 1 fully saturated rings. The van der Waals surface area contributed by atoms with Gasteiger partial charge in [-0.25, -0.2) is 4.79 Å². The monoisotopic (exact) mass is 318 g/mol. The zero-order valence-electron chi connectivity index (χ0n) is 12.7. The van der Waals surface area contributed by atoms with E-state index < -0.39 is 11.4 Å². The molecule has 0 radical (unpaired) electrons. The molecule has 3 heterocycles. The second-order valence-electron chi connectivity index (χ2n) is 5.31. The van der Waals surface area contributed by atoms with Gasteiger partial charge in [-0.3, -0.25) is 4.79 Å². The predicted molar refractivity (Wildman–Crippen MR) is 85.9 cm³/mol. The third-order valence-electron chi connectivity index (χ3n) is 3.91. The summed E-state index contributed by atoms with van der Waals surface area (Å²) in [5, 5.41) is 12.5. The van der Waals surface area contributed by atoms with Gasteiger partial charge in [0, 0.05) is 38.9 Å². The van der Waals surface area contributed by atoms with Crippen LogP contribution in [0.4, 0.5) is 11.8 Å². The van der Waals surface area contributed by atoms with Crippen LogP contribution in [0.2, 0.25) is 0 Å². The van der Waals surface area contributed by atoms with Gasteiger partial charge in [-0.1, -0.05) is 0 Å². The molecular weight excluding hydrogens is 300 g/mol. The molecule has 1 aliphatic rings. The van der Waals surface area contributed by atoms with Crippen molar-refractivity contribution in [3.05, 3.63) is 22.0 Å². The zero-order chi connectivity index (χ0) is 16.6. The molecule has 1 aliphatic heterocycles. The fourth-order valence-electron chi connectivity index (χ4n) is 2.69. The van der Waals surface area contributed by atoms with Crippen molar-refractivity contribution in [3.8, 4) is 0 Å². The highest BCUT2D eigenvalue weighted by atomic mass is 16.4. The van der Waals surface area contributed by atoms with E-state index in [1.807, 2.05) is 11.8 Å². The van der Waals surface area contributed by atoms with E-state index in [1.165, 1.54) is 6.20 Å². The van der Waals surface area contributed by atoms with Gasteiger partial charge in [0.1, 0.15) is 16.8 Å². The number of nitrogens with two attached hydrogens (primary N) is 1. The number of aromatic nitrogens is 3. The van der Waals surface area contributed by atoms with Gasteiger partial charge in [0.25, 0.3) is 0 Å². The van der Waals surface area contributed by atoms with Crippen LogP contribution in [0.1, 0.15) is 17.3 Å². The van der Waals surface area contributed by atoms with Crippen molar-refractivity contribution >= 4 is 28.8 Å². The van der Waals surface area contributed by atoms with Crippen LogP contribution >= 0.6 is 0 Å². The fraction of sp³-hybridized carbons (Fsp3) is 0.429. The van der Waals surface area contributed by atoms with Gasteiger partial charge < -0.3 is 25.6 Å². The molecule has 1 saturated heterocycles. The highest BCUT2D eigenvalue weighted by Gasteiger charge is 2.21. The molecule has 0 atom stereocenters. The van der Waals surface area contributed by atoms with Crippen molar-refractivity contribution in [3.63, 3.8) is 0 Å². The topological polar surface area (TPSA) is 126 Å². The normalized spacial score (nSPS) is 15.1. The average Bonchev–Trinajstić information content (AvgIpc) is 2.55. The number of hydrogen-bond donors (Lipinski definition) is 3. The van der Waals surface area contributed by atoms with Crippen LogP contribution in [-0.2, 0) is 6.54 Å². The lowest BCUT2D eigenvalue weighted by Gasteiger charge is -2.27. The number of carboxylic acids is 1. The summed E-state index contributed by atoms with van der Waals surface area (Å²) in [5.41, 5.74) is 5.34. The smallest absolute Gasteiger partial charge is 0.341 e. The van der Waals surface area contributed by atoms with E-state index in [2.05, 4.69) is 15.3 Å². The zero-order valence-corrected chi connectivity index (χ0v) is 12.7. The van der Waals surface area contributed by atoms with E-state index in [9.17, 15) is 14.7 Å². The highest BCUT2D eigenvalue weighted by Crippen LogP contribution is 2.20. The maximum absolute atomic E-state index is 12.4. The third kappa shape index (κ3) is 2.59. The minimum Gasteiger partial charge on any atom is -0.477 e. The molecule has 9 nitrogen and oxygen atoms in total. The maximum Gasteiger partial charge on any atom is 0.341 e. The number of aryl methyl sites for hydroxylation is 1. The minimum atomic E-state index is -1.29. The lowest BCUT2D eigenvalue weighted by atomic mass is 10.2. The molecule has 2 aromatic heterocycles. The molecule has 0 aromatic carbocycles. The Balaban J connectivity index is 2.25. The van der Waals surface area contributed by atoms with E-state index in [-0.39, 0.29) is 16.8 Å². The first-order valence-corrected chi connectivity index (χ1v) is 7.42. The Morgan fingerprint density at radius 3 is 2.70 bits per heavy atom. The van der Waals surface area contributed by atoms with Crippen LogP contribution < -0.4 is 21.4 Å². The first kappa shape index (κ1) is 15.2. The van der Waals surface area contributed by atoms with Gasteiger partial charge in [0.05, 0.1) is 0 Å². The second kappa shape index (κ2) is 5.84. The average molecular weight is 318 g/mol. The fourth-order valence-corrected chi connectivity index (χ4v) is 2.69. The van der Waals surface area contributed by atoms with Gasteiger partial charge >= 0.3 is 5.97 Å². The third-order valence-corrected chi connectivity index (χ3v) is 3.91. The summed E-state index contributed by atoms with van der Waals surface area (Å²) in [5.74, 6) is -0.815. The number of pyridine rings is 1. The predicted octanol–water partition coefficient (Wildman–Crippen LogP) is -0.499. The van der Waals surface area contributed by atoms with Crippen molar-refractivity contribution in [2.75, 3.05) is 36.8 Å². The number of hydrogen-bond acceptors (Lipinski definition) is 7. The van der Waals surface area contributed by atoms with Crippen LogP contribution in [0.15, 0.2) is 11.0 Å². The molecule has 0 unspecified atom stereocenters. The second-order valence-corrected chi connectivity index (χ2v) is 5.31. The molecule has 0 saturated carbocycles. The molecular formula is C14H18N6O3. The van der Waals surface area contributed by atoms with Crippen molar-refractivity contribution in [1.29, 1.82) is 0 Å². The Morgan fingerprint density at radius 2 is 2.09 bits per heavy atom.